The number of hydrogen-bond donors (Lipinski definition) is 0. The van der Waals surface area contributed by atoms with Crippen molar-refractivity contribution in [3.63, 3.8) is 0 Å². The lowest BCUT2D eigenvalue weighted by Gasteiger charge is -2.06. The molecule has 1 aromatic heterocycles. The molecule has 0 unspecified atom stereocenters. The molecule has 0 aliphatic carbocycles. The Labute approximate surface area is 157 Å². The van der Waals surface area contributed by atoms with Crippen molar-refractivity contribution in [3.05, 3.63) is 96.4 Å². The highest BCUT2D eigenvalue weighted by Crippen LogP contribution is 2.24. The van der Waals surface area contributed by atoms with Crippen molar-refractivity contribution in [2.75, 3.05) is 0 Å². The van der Waals surface area contributed by atoms with E-state index in [2.05, 4.69) is 11.1 Å². The zero-order chi connectivity index (χ0) is 18.5. The van der Waals surface area contributed by atoms with Crippen LogP contribution in [0.5, 0.6) is 5.75 Å². The van der Waals surface area contributed by atoms with Crippen molar-refractivity contribution in [3.8, 4) is 34.4 Å². The second kappa shape index (κ2) is 7.59. The lowest BCUT2D eigenvalue weighted by Crippen LogP contribution is -1.95. The first-order chi connectivity index (χ1) is 13.3. The predicted octanol–water partition coefficient (Wildman–Crippen LogP) is 5.46. The van der Waals surface area contributed by atoms with Gasteiger partial charge in [0.05, 0.1) is 11.6 Å². The van der Waals surface area contributed by atoms with E-state index >= 15 is 0 Å². The minimum atomic E-state index is 0.340. The van der Waals surface area contributed by atoms with Crippen molar-refractivity contribution in [2.24, 2.45) is 0 Å². The Bertz CT molecular complexity index is 1060. The van der Waals surface area contributed by atoms with Gasteiger partial charge in [-0.2, -0.15) is 5.26 Å². The van der Waals surface area contributed by atoms with Crippen molar-refractivity contribution in [2.45, 2.75) is 6.61 Å². The van der Waals surface area contributed by atoms with Crippen LogP contribution in [-0.2, 0) is 6.61 Å². The molecule has 0 radical (unpaired) electrons. The van der Waals surface area contributed by atoms with Gasteiger partial charge in [0.1, 0.15) is 24.3 Å². The van der Waals surface area contributed by atoms with Gasteiger partial charge in [-0.25, -0.2) is 4.98 Å². The smallest absolute Gasteiger partial charge is 0.226 e. The third-order valence-corrected chi connectivity index (χ3v) is 4.16. The Morgan fingerprint density at radius 2 is 1.48 bits per heavy atom. The van der Waals surface area contributed by atoms with Crippen LogP contribution in [0.2, 0.25) is 0 Å². The molecule has 0 fully saturated rings. The van der Waals surface area contributed by atoms with Gasteiger partial charge in [-0.3, -0.25) is 0 Å². The predicted molar refractivity (Wildman–Crippen MR) is 103 cm³/mol. The lowest BCUT2D eigenvalue weighted by molar-refractivity contribution is 0.301. The molecule has 4 heteroatoms. The molecule has 0 bridgehead atoms. The molecule has 0 amide bonds. The van der Waals surface area contributed by atoms with E-state index < -0.39 is 0 Å². The Hall–Kier alpha value is -3.84. The average Bonchev–Trinajstić information content (AvgIpc) is 3.22. The molecular weight excluding hydrogens is 336 g/mol. The van der Waals surface area contributed by atoms with Gasteiger partial charge in [-0.1, -0.05) is 42.5 Å². The summed E-state index contributed by atoms with van der Waals surface area (Å²) in [7, 11) is 0. The van der Waals surface area contributed by atoms with Gasteiger partial charge < -0.3 is 9.15 Å². The zero-order valence-corrected chi connectivity index (χ0v) is 14.5. The molecule has 0 aliphatic heterocycles. The fraction of sp³-hybridized carbons (Fsp3) is 0.0435. The van der Waals surface area contributed by atoms with Gasteiger partial charge in [-0.15, -0.1) is 0 Å². The number of benzene rings is 3. The molecule has 0 saturated heterocycles. The number of oxazole rings is 1. The maximum absolute atomic E-state index is 8.88. The summed E-state index contributed by atoms with van der Waals surface area (Å²) in [4.78, 5) is 4.46. The SMILES string of the molecule is N#Cc1ccc(-c2ccc(OCc3coc(-c4ccccc4)n3)cc2)cc1. The van der Waals surface area contributed by atoms with Crippen molar-refractivity contribution < 1.29 is 9.15 Å². The Morgan fingerprint density at radius 3 is 2.15 bits per heavy atom. The molecule has 4 rings (SSSR count). The fourth-order valence-corrected chi connectivity index (χ4v) is 2.72. The number of rotatable bonds is 5. The van der Waals surface area contributed by atoms with Gasteiger partial charge in [0.15, 0.2) is 0 Å². The van der Waals surface area contributed by atoms with Gasteiger partial charge in [0.2, 0.25) is 5.89 Å². The topological polar surface area (TPSA) is 59.0 Å². The van der Waals surface area contributed by atoms with Crippen LogP contribution in [0.3, 0.4) is 0 Å². The lowest BCUT2D eigenvalue weighted by atomic mass is 10.0. The van der Waals surface area contributed by atoms with E-state index in [0.717, 1.165) is 28.1 Å². The highest BCUT2D eigenvalue weighted by molar-refractivity contribution is 5.65. The Morgan fingerprint density at radius 1 is 0.815 bits per heavy atom. The minimum Gasteiger partial charge on any atom is -0.487 e. The summed E-state index contributed by atoms with van der Waals surface area (Å²) in [5.41, 5.74) is 4.46. The Kier molecular flexibility index (Phi) is 4.67. The van der Waals surface area contributed by atoms with Crippen LogP contribution in [0, 0.1) is 11.3 Å². The molecule has 1 heterocycles. The maximum Gasteiger partial charge on any atom is 0.226 e. The van der Waals surface area contributed by atoms with E-state index in [1.807, 2.05) is 78.9 Å². The molecule has 4 nitrogen and oxygen atoms in total. The van der Waals surface area contributed by atoms with Gasteiger partial charge >= 0.3 is 0 Å². The molecule has 27 heavy (non-hydrogen) atoms. The van der Waals surface area contributed by atoms with E-state index in [4.69, 9.17) is 14.4 Å². The van der Waals surface area contributed by atoms with Crippen LogP contribution in [0.1, 0.15) is 11.3 Å². The molecule has 0 saturated carbocycles. The molecule has 130 valence electrons. The van der Waals surface area contributed by atoms with Crippen LogP contribution in [0.25, 0.3) is 22.6 Å². The van der Waals surface area contributed by atoms with Crippen LogP contribution in [0.4, 0.5) is 0 Å². The first-order valence-electron chi connectivity index (χ1n) is 8.55. The highest BCUT2D eigenvalue weighted by Gasteiger charge is 2.07. The minimum absolute atomic E-state index is 0.340. The molecular formula is C23H16N2O2. The third kappa shape index (κ3) is 3.88. The summed E-state index contributed by atoms with van der Waals surface area (Å²) < 4.78 is 11.3. The second-order valence-electron chi connectivity index (χ2n) is 6.01. The summed E-state index contributed by atoms with van der Waals surface area (Å²) in [6.45, 7) is 0.340. The normalized spacial score (nSPS) is 10.3. The van der Waals surface area contributed by atoms with Crippen LogP contribution >= 0.6 is 0 Å². The molecule has 0 aliphatic rings. The largest absolute Gasteiger partial charge is 0.487 e. The summed E-state index contributed by atoms with van der Waals surface area (Å²) in [6, 6.07) is 27.2. The van der Waals surface area contributed by atoms with E-state index in [1.165, 1.54) is 0 Å². The number of nitrogens with zero attached hydrogens (tertiary/aromatic N) is 2. The van der Waals surface area contributed by atoms with E-state index in [-0.39, 0.29) is 0 Å². The number of ether oxygens (including phenoxy) is 1. The van der Waals surface area contributed by atoms with E-state index in [9.17, 15) is 0 Å². The molecule has 0 atom stereocenters. The summed E-state index contributed by atoms with van der Waals surface area (Å²) in [5.74, 6) is 1.35. The van der Waals surface area contributed by atoms with Crippen LogP contribution < -0.4 is 4.74 Å². The van der Waals surface area contributed by atoms with Gasteiger partial charge in [0.25, 0.3) is 0 Å². The first kappa shape index (κ1) is 16.6. The molecule has 0 spiro atoms. The standard InChI is InChI=1S/C23H16N2O2/c24-14-17-6-8-18(9-7-17)19-10-12-22(13-11-19)26-15-21-16-27-23(25-21)20-4-2-1-3-5-20/h1-13,16H,15H2. The summed E-state index contributed by atoms with van der Waals surface area (Å²) in [5, 5.41) is 8.88. The van der Waals surface area contributed by atoms with Crippen molar-refractivity contribution in [1.82, 2.24) is 4.98 Å². The Balaban J connectivity index is 1.40. The maximum atomic E-state index is 8.88. The van der Waals surface area contributed by atoms with E-state index in [0.29, 0.717) is 18.1 Å². The summed E-state index contributed by atoms with van der Waals surface area (Å²) >= 11 is 0. The summed E-state index contributed by atoms with van der Waals surface area (Å²) in [6.07, 6.45) is 1.62. The van der Waals surface area contributed by atoms with Crippen molar-refractivity contribution in [1.29, 1.82) is 5.26 Å². The number of nitriles is 1. The fourth-order valence-electron chi connectivity index (χ4n) is 2.72. The first-order valence-corrected chi connectivity index (χ1v) is 8.55. The highest BCUT2D eigenvalue weighted by atomic mass is 16.5. The monoisotopic (exact) mass is 352 g/mol. The molecule has 4 aromatic rings. The number of aromatic nitrogens is 1. The van der Waals surface area contributed by atoms with Gasteiger partial charge in [-0.05, 0) is 47.5 Å². The van der Waals surface area contributed by atoms with Gasteiger partial charge in [0, 0.05) is 5.56 Å². The second-order valence-corrected chi connectivity index (χ2v) is 6.01. The zero-order valence-electron chi connectivity index (χ0n) is 14.5. The van der Waals surface area contributed by atoms with E-state index in [1.54, 1.807) is 6.26 Å². The quantitative estimate of drug-likeness (QED) is 0.478. The number of hydrogen-bond acceptors (Lipinski definition) is 4. The third-order valence-electron chi connectivity index (χ3n) is 4.16. The molecule has 3 aromatic carbocycles. The average molecular weight is 352 g/mol. The van der Waals surface area contributed by atoms with Crippen LogP contribution in [-0.4, -0.2) is 4.98 Å². The van der Waals surface area contributed by atoms with Crippen molar-refractivity contribution >= 4 is 0 Å². The molecule has 0 N–H and O–H groups in total. The van der Waals surface area contributed by atoms with Crippen LogP contribution in [0.15, 0.2) is 89.5 Å².